The Morgan fingerprint density at radius 2 is 1.90 bits per heavy atom. The van der Waals surface area contributed by atoms with Crippen molar-refractivity contribution in [3.05, 3.63) is 70.7 Å². The summed E-state index contributed by atoms with van der Waals surface area (Å²) >= 11 is 0. The first-order chi connectivity index (χ1) is 9.58. The fraction of sp³-hybridized carbons (Fsp3) is 0.176. The quantitative estimate of drug-likeness (QED) is 0.754. The van der Waals surface area contributed by atoms with Crippen LogP contribution >= 0.6 is 0 Å². The average Bonchev–Trinajstić information content (AvgIpc) is 2.81. The van der Waals surface area contributed by atoms with Crippen molar-refractivity contribution in [2.24, 2.45) is 0 Å². The van der Waals surface area contributed by atoms with Crippen molar-refractivity contribution in [1.29, 1.82) is 0 Å². The van der Waals surface area contributed by atoms with Crippen molar-refractivity contribution in [3.8, 4) is 0 Å². The van der Waals surface area contributed by atoms with Crippen LogP contribution in [0.3, 0.4) is 0 Å². The van der Waals surface area contributed by atoms with Crippen molar-refractivity contribution in [2.75, 3.05) is 0 Å². The summed E-state index contributed by atoms with van der Waals surface area (Å²) < 4.78 is 19.6. The van der Waals surface area contributed by atoms with Crippen LogP contribution in [0.2, 0.25) is 0 Å². The Morgan fingerprint density at radius 3 is 2.65 bits per heavy atom. The third-order valence-electron chi connectivity index (χ3n) is 3.56. The van der Waals surface area contributed by atoms with Crippen LogP contribution in [0, 0.1) is 19.7 Å². The van der Waals surface area contributed by atoms with E-state index in [4.69, 9.17) is 4.42 Å². The summed E-state index contributed by atoms with van der Waals surface area (Å²) in [5.74, 6) is -0.389. The molecule has 0 fully saturated rings. The van der Waals surface area contributed by atoms with Crippen molar-refractivity contribution < 1.29 is 13.9 Å². The van der Waals surface area contributed by atoms with E-state index in [1.165, 1.54) is 12.3 Å². The zero-order valence-corrected chi connectivity index (χ0v) is 11.4. The fourth-order valence-electron chi connectivity index (χ4n) is 2.64. The Balaban J connectivity index is 2.16. The molecule has 1 heterocycles. The number of halogens is 1. The van der Waals surface area contributed by atoms with Crippen LogP contribution in [0.25, 0.3) is 11.0 Å². The van der Waals surface area contributed by atoms with Gasteiger partial charge in [0.2, 0.25) is 0 Å². The summed E-state index contributed by atoms with van der Waals surface area (Å²) in [6.45, 7) is 3.64. The fourth-order valence-corrected chi connectivity index (χ4v) is 2.64. The third kappa shape index (κ3) is 2.00. The number of aryl methyl sites for hydroxylation is 2. The molecule has 0 aliphatic heterocycles. The average molecular weight is 270 g/mol. The summed E-state index contributed by atoms with van der Waals surface area (Å²) in [5, 5.41) is 11.3. The van der Waals surface area contributed by atoms with Gasteiger partial charge in [-0.15, -0.1) is 0 Å². The highest BCUT2D eigenvalue weighted by molar-refractivity contribution is 5.81. The largest absolute Gasteiger partial charge is 0.464 e. The van der Waals surface area contributed by atoms with Gasteiger partial charge in [0.15, 0.2) is 0 Å². The van der Waals surface area contributed by atoms with Gasteiger partial charge in [-0.1, -0.05) is 24.3 Å². The molecule has 1 atom stereocenters. The number of rotatable bonds is 2. The first-order valence-electron chi connectivity index (χ1n) is 6.49. The highest BCUT2D eigenvalue weighted by Crippen LogP contribution is 2.33. The topological polar surface area (TPSA) is 33.4 Å². The zero-order chi connectivity index (χ0) is 14.3. The molecule has 0 aliphatic rings. The van der Waals surface area contributed by atoms with Crippen molar-refractivity contribution in [3.63, 3.8) is 0 Å². The van der Waals surface area contributed by atoms with Crippen molar-refractivity contribution >= 4 is 11.0 Å². The molecular weight excluding hydrogens is 255 g/mol. The number of hydrogen-bond donors (Lipinski definition) is 1. The smallest absolute Gasteiger partial charge is 0.134 e. The number of hydrogen-bond acceptors (Lipinski definition) is 2. The van der Waals surface area contributed by atoms with Crippen molar-refractivity contribution in [2.45, 2.75) is 20.0 Å². The predicted octanol–water partition coefficient (Wildman–Crippen LogP) is 4.27. The maximum Gasteiger partial charge on any atom is 0.134 e. The summed E-state index contributed by atoms with van der Waals surface area (Å²) in [6, 6.07) is 10.7. The van der Waals surface area contributed by atoms with Gasteiger partial charge in [-0.05, 0) is 37.1 Å². The van der Waals surface area contributed by atoms with E-state index < -0.39 is 6.10 Å². The SMILES string of the molecule is Cc1cc(C)c(C(O)c2coc3ccccc23)c(F)c1. The maximum atomic E-state index is 14.2. The van der Waals surface area contributed by atoms with Crippen LogP contribution in [-0.2, 0) is 0 Å². The summed E-state index contributed by atoms with van der Waals surface area (Å²) in [5.41, 5.74) is 3.16. The van der Waals surface area contributed by atoms with Crippen molar-refractivity contribution in [1.82, 2.24) is 0 Å². The Hall–Kier alpha value is -2.13. The molecule has 102 valence electrons. The van der Waals surface area contributed by atoms with Gasteiger partial charge in [-0.25, -0.2) is 4.39 Å². The van der Waals surface area contributed by atoms with Gasteiger partial charge < -0.3 is 9.52 Å². The van der Waals surface area contributed by atoms with Crippen LogP contribution in [-0.4, -0.2) is 5.11 Å². The summed E-state index contributed by atoms with van der Waals surface area (Å²) in [6.07, 6.45) is 0.466. The molecule has 0 amide bonds. The Bertz CT molecular complexity index is 751. The lowest BCUT2D eigenvalue weighted by molar-refractivity contribution is 0.214. The molecule has 0 radical (unpaired) electrons. The Morgan fingerprint density at radius 1 is 1.15 bits per heavy atom. The number of para-hydroxylation sites is 1. The maximum absolute atomic E-state index is 14.2. The molecule has 0 spiro atoms. The lowest BCUT2D eigenvalue weighted by Gasteiger charge is -2.14. The summed E-state index contributed by atoms with van der Waals surface area (Å²) in [7, 11) is 0. The molecule has 0 saturated heterocycles. The van der Waals surface area contributed by atoms with Crippen LogP contribution in [0.1, 0.15) is 28.4 Å². The Labute approximate surface area is 116 Å². The zero-order valence-electron chi connectivity index (χ0n) is 11.4. The van der Waals surface area contributed by atoms with Gasteiger partial charge in [0.25, 0.3) is 0 Å². The molecule has 0 aliphatic carbocycles. The standard InChI is InChI=1S/C17H15FO2/c1-10-7-11(2)16(14(18)8-10)17(19)13-9-20-15-6-4-3-5-12(13)15/h3-9,17,19H,1-2H3. The van der Waals surface area contributed by atoms with E-state index in [1.807, 2.05) is 37.3 Å². The lowest BCUT2D eigenvalue weighted by Crippen LogP contribution is -2.05. The molecule has 1 unspecified atom stereocenters. The molecule has 2 nitrogen and oxygen atoms in total. The van der Waals surface area contributed by atoms with E-state index in [0.717, 1.165) is 16.5 Å². The summed E-state index contributed by atoms with van der Waals surface area (Å²) in [4.78, 5) is 0. The normalized spacial score (nSPS) is 12.8. The number of furan rings is 1. The van der Waals surface area contributed by atoms with Gasteiger partial charge >= 0.3 is 0 Å². The highest BCUT2D eigenvalue weighted by Gasteiger charge is 2.21. The van der Waals surface area contributed by atoms with E-state index in [2.05, 4.69) is 0 Å². The molecule has 3 rings (SSSR count). The van der Waals surface area contributed by atoms with Crippen LogP contribution in [0.15, 0.2) is 47.1 Å². The van der Waals surface area contributed by atoms with E-state index in [-0.39, 0.29) is 5.82 Å². The molecule has 3 aromatic rings. The van der Waals surface area contributed by atoms with Gasteiger partial charge in [-0.2, -0.15) is 0 Å². The van der Waals surface area contributed by atoms with E-state index in [9.17, 15) is 9.50 Å². The molecule has 0 bridgehead atoms. The number of fused-ring (bicyclic) bond motifs is 1. The first kappa shape index (κ1) is 12.9. The van der Waals surface area contributed by atoms with E-state index in [1.54, 1.807) is 6.92 Å². The van der Waals surface area contributed by atoms with Crippen LogP contribution < -0.4 is 0 Å². The van der Waals surface area contributed by atoms with E-state index >= 15 is 0 Å². The number of benzene rings is 2. The minimum Gasteiger partial charge on any atom is -0.464 e. The van der Waals surface area contributed by atoms with Crippen LogP contribution in [0.5, 0.6) is 0 Å². The van der Waals surface area contributed by atoms with E-state index in [0.29, 0.717) is 16.7 Å². The molecule has 3 heteroatoms. The van der Waals surface area contributed by atoms with Gasteiger partial charge in [0, 0.05) is 16.5 Å². The van der Waals surface area contributed by atoms with Gasteiger partial charge in [-0.3, -0.25) is 0 Å². The minimum atomic E-state index is -1.03. The molecule has 1 N–H and O–H groups in total. The lowest BCUT2D eigenvalue weighted by atomic mass is 9.95. The molecule has 2 aromatic carbocycles. The first-order valence-corrected chi connectivity index (χ1v) is 6.49. The second kappa shape index (κ2) is 4.76. The van der Waals surface area contributed by atoms with Gasteiger partial charge in [0.05, 0.1) is 6.26 Å². The third-order valence-corrected chi connectivity index (χ3v) is 3.56. The monoisotopic (exact) mass is 270 g/mol. The molecular formula is C17H15FO2. The predicted molar refractivity (Wildman–Crippen MR) is 76.1 cm³/mol. The second-order valence-electron chi connectivity index (χ2n) is 5.07. The number of aliphatic hydroxyl groups excluding tert-OH is 1. The number of aliphatic hydroxyl groups is 1. The van der Waals surface area contributed by atoms with Crippen LogP contribution in [0.4, 0.5) is 4.39 Å². The molecule has 20 heavy (non-hydrogen) atoms. The highest BCUT2D eigenvalue weighted by atomic mass is 19.1. The molecule has 1 aromatic heterocycles. The second-order valence-corrected chi connectivity index (χ2v) is 5.07. The van der Waals surface area contributed by atoms with Gasteiger partial charge in [0.1, 0.15) is 17.5 Å². The Kier molecular flexibility index (Phi) is 3.07. The molecule has 0 saturated carbocycles. The minimum absolute atomic E-state index is 0.308.